The Morgan fingerprint density at radius 2 is 1.94 bits per heavy atom. The summed E-state index contributed by atoms with van der Waals surface area (Å²) < 4.78 is 27.6. The van der Waals surface area contributed by atoms with Gasteiger partial charge in [-0.25, -0.2) is 13.8 Å². The monoisotopic (exact) mass is 466 g/mol. The molecule has 1 aromatic carbocycles. The number of thioether (sulfide) groups is 1. The highest BCUT2D eigenvalue weighted by atomic mass is 32.2. The lowest BCUT2D eigenvalue weighted by Crippen LogP contribution is -2.34. The second-order valence-corrected chi connectivity index (χ2v) is 8.80. The van der Waals surface area contributed by atoms with Gasteiger partial charge in [-0.2, -0.15) is 0 Å². The Morgan fingerprint density at radius 3 is 2.61 bits per heavy atom. The molecule has 2 N–H and O–H groups in total. The summed E-state index contributed by atoms with van der Waals surface area (Å²) >= 11 is 2.54. The minimum atomic E-state index is -1.08. The fourth-order valence-electron chi connectivity index (χ4n) is 2.84. The van der Waals surface area contributed by atoms with E-state index in [9.17, 15) is 23.2 Å². The van der Waals surface area contributed by atoms with Crippen molar-refractivity contribution in [3.05, 3.63) is 50.6 Å². The summed E-state index contributed by atoms with van der Waals surface area (Å²) in [5.74, 6) is -3.16. The molecule has 0 aliphatic heterocycles. The fraction of sp³-hybridized carbons (Fsp3) is 0.300. The first-order chi connectivity index (χ1) is 14.7. The molecule has 3 rings (SSSR count). The van der Waals surface area contributed by atoms with Gasteiger partial charge in [-0.1, -0.05) is 11.8 Å². The summed E-state index contributed by atoms with van der Waals surface area (Å²) in [6.07, 6.45) is 0. The normalized spacial score (nSPS) is 11.0. The van der Waals surface area contributed by atoms with Crippen LogP contribution in [0.4, 0.5) is 14.5 Å². The second kappa shape index (κ2) is 9.56. The van der Waals surface area contributed by atoms with Crippen molar-refractivity contribution in [3.8, 4) is 0 Å². The highest BCUT2D eigenvalue weighted by Crippen LogP contribution is 2.28. The molecule has 3 aromatic rings. The van der Waals surface area contributed by atoms with E-state index in [4.69, 9.17) is 0 Å². The first-order valence-electron chi connectivity index (χ1n) is 9.36. The van der Waals surface area contributed by atoms with Gasteiger partial charge < -0.3 is 10.6 Å². The van der Waals surface area contributed by atoms with Gasteiger partial charge in [0.1, 0.15) is 4.83 Å². The van der Waals surface area contributed by atoms with Crippen molar-refractivity contribution in [2.75, 3.05) is 17.6 Å². The number of nitrogens with one attached hydrogen (secondary N) is 2. The van der Waals surface area contributed by atoms with Crippen LogP contribution in [0.3, 0.4) is 0 Å². The minimum Gasteiger partial charge on any atom is -0.346 e. The summed E-state index contributed by atoms with van der Waals surface area (Å²) in [6.45, 7) is 5.73. The number of rotatable bonds is 7. The Hall–Kier alpha value is -2.79. The summed E-state index contributed by atoms with van der Waals surface area (Å²) in [5, 5.41) is 5.85. The van der Waals surface area contributed by atoms with E-state index < -0.39 is 23.4 Å². The van der Waals surface area contributed by atoms with Crippen LogP contribution in [-0.4, -0.2) is 33.7 Å². The molecule has 31 heavy (non-hydrogen) atoms. The van der Waals surface area contributed by atoms with Gasteiger partial charge in [0.05, 0.1) is 17.7 Å². The molecular formula is C20H20F2N4O3S2. The number of hydrogen-bond donors (Lipinski definition) is 2. The lowest BCUT2D eigenvalue weighted by atomic mass is 10.2. The molecule has 0 aliphatic carbocycles. The Kier molecular flexibility index (Phi) is 7.06. The van der Waals surface area contributed by atoms with E-state index in [1.165, 1.54) is 22.0 Å². The van der Waals surface area contributed by atoms with Crippen LogP contribution in [-0.2, 0) is 16.1 Å². The van der Waals surface area contributed by atoms with Crippen LogP contribution in [0, 0.1) is 25.5 Å². The molecule has 0 atom stereocenters. The van der Waals surface area contributed by atoms with Crippen molar-refractivity contribution in [1.82, 2.24) is 14.9 Å². The maximum atomic E-state index is 13.2. The molecule has 0 spiro atoms. The van der Waals surface area contributed by atoms with Gasteiger partial charge in [0, 0.05) is 23.2 Å². The van der Waals surface area contributed by atoms with Gasteiger partial charge in [-0.15, -0.1) is 11.3 Å². The first-order valence-corrected chi connectivity index (χ1v) is 11.2. The average molecular weight is 467 g/mol. The molecule has 0 fully saturated rings. The van der Waals surface area contributed by atoms with E-state index in [1.807, 2.05) is 20.8 Å². The first kappa shape index (κ1) is 22.9. The molecule has 7 nitrogen and oxygen atoms in total. The van der Waals surface area contributed by atoms with E-state index in [-0.39, 0.29) is 23.5 Å². The fourth-order valence-corrected chi connectivity index (χ4v) is 4.80. The van der Waals surface area contributed by atoms with Gasteiger partial charge in [-0.05, 0) is 38.5 Å². The molecular weight excluding hydrogens is 446 g/mol. The van der Waals surface area contributed by atoms with Crippen molar-refractivity contribution in [2.45, 2.75) is 32.5 Å². The number of benzene rings is 1. The molecule has 0 radical (unpaired) electrons. The van der Waals surface area contributed by atoms with Crippen molar-refractivity contribution in [1.29, 1.82) is 0 Å². The third-order valence-electron chi connectivity index (χ3n) is 4.55. The van der Waals surface area contributed by atoms with Crippen LogP contribution in [0.15, 0.2) is 28.2 Å². The van der Waals surface area contributed by atoms with Gasteiger partial charge in [0.15, 0.2) is 16.8 Å². The average Bonchev–Trinajstić information content (AvgIpc) is 3.01. The van der Waals surface area contributed by atoms with Gasteiger partial charge in [0.2, 0.25) is 11.8 Å². The summed E-state index contributed by atoms with van der Waals surface area (Å²) in [4.78, 5) is 43.1. The molecule has 0 saturated heterocycles. The number of fused-ring (bicyclic) bond motifs is 1. The van der Waals surface area contributed by atoms with Crippen molar-refractivity contribution in [3.63, 3.8) is 0 Å². The van der Waals surface area contributed by atoms with Gasteiger partial charge >= 0.3 is 0 Å². The number of halogens is 2. The van der Waals surface area contributed by atoms with E-state index in [2.05, 4.69) is 15.6 Å². The van der Waals surface area contributed by atoms with Crippen LogP contribution in [0.25, 0.3) is 10.2 Å². The lowest BCUT2D eigenvalue weighted by Gasteiger charge is -2.10. The van der Waals surface area contributed by atoms with Crippen LogP contribution < -0.4 is 16.2 Å². The smallest absolute Gasteiger partial charge is 0.263 e. The molecule has 0 saturated carbocycles. The van der Waals surface area contributed by atoms with Crippen LogP contribution in [0.2, 0.25) is 0 Å². The maximum Gasteiger partial charge on any atom is 0.263 e. The number of anilines is 1. The standard InChI is InChI=1S/C20H20F2N4O3S2/c1-4-26-19(29)17-10(2)11(3)31-18(17)25-20(26)30-9-16(28)23-8-15(27)24-12-5-6-13(21)14(22)7-12/h5-7H,4,8-9H2,1-3H3,(H,23,28)(H,24,27). The second-order valence-electron chi connectivity index (χ2n) is 6.65. The largest absolute Gasteiger partial charge is 0.346 e. The van der Waals surface area contributed by atoms with Crippen LogP contribution in [0.1, 0.15) is 17.4 Å². The zero-order chi connectivity index (χ0) is 22.7. The lowest BCUT2D eigenvalue weighted by molar-refractivity contribution is -0.122. The Labute approximate surface area is 184 Å². The summed E-state index contributed by atoms with van der Waals surface area (Å²) in [5.41, 5.74) is 0.864. The molecule has 0 unspecified atom stereocenters. The number of carbonyl (C=O) groups is 2. The molecule has 2 amide bonds. The highest BCUT2D eigenvalue weighted by molar-refractivity contribution is 7.99. The quantitative estimate of drug-likeness (QED) is 0.412. The number of thiophene rings is 1. The summed E-state index contributed by atoms with van der Waals surface area (Å²) in [6, 6.07) is 2.96. The van der Waals surface area contributed by atoms with Gasteiger partial charge in [-0.3, -0.25) is 19.0 Å². The molecule has 0 bridgehead atoms. The zero-order valence-electron chi connectivity index (χ0n) is 17.0. The molecule has 11 heteroatoms. The number of hydrogen-bond acceptors (Lipinski definition) is 6. The van der Waals surface area contributed by atoms with E-state index >= 15 is 0 Å². The maximum absolute atomic E-state index is 13.2. The number of carbonyl (C=O) groups excluding carboxylic acids is 2. The predicted molar refractivity (Wildman–Crippen MR) is 118 cm³/mol. The third kappa shape index (κ3) is 5.10. The Morgan fingerprint density at radius 1 is 1.19 bits per heavy atom. The van der Waals surface area contributed by atoms with E-state index in [0.29, 0.717) is 21.9 Å². The number of amides is 2. The Bertz CT molecular complexity index is 1220. The van der Waals surface area contributed by atoms with E-state index in [1.54, 1.807) is 0 Å². The molecule has 164 valence electrons. The van der Waals surface area contributed by atoms with Gasteiger partial charge in [0.25, 0.3) is 5.56 Å². The van der Waals surface area contributed by atoms with Crippen LogP contribution in [0.5, 0.6) is 0 Å². The van der Waals surface area contributed by atoms with Crippen molar-refractivity contribution in [2.24, 2.45) is 0 Å². The van der Waals surface area contributed by atoms with Crippen molar-refractivity contribution < 1.29 is 18.4 Å². The number of aryl methyl sites for hydroxylation is 2. The number of aromatic nitrogens is 2. The Balaban J connectivity index is 1.60. The molecule has 0 aliphatic rings. The predicted octanol–water partition coefficient (Wildman–Crippen LogP) is 3.22. The van der Waals surface area contributed by atoms with Crippen LogP contribution >= 0.6 is 23.1 Å². The minimum absolute atomic E-state index is 0.0419. The third-order valence-corrected chi connectivity index (χ3v) is 6.63. The summed E-state index contributed by atoms with van der Waals surface area (Å²) in [7, 11) is 0. The van der Waals surface area contributed by atoms with E-state index in [0.717, 1.165) is 34.3 Å². The number of nitrogens with zero attached hydrogens (tertiary/aromatic N) is 2. The van der Waals surface area contributed by atoms with Crippen molar-refractivity contribution >= 4 is 50.8 Å². The SMILES string of the molecule is CCn1c(SCC(=O)NCC(=O)Nc2ccc(F)c(F)c2)nc2sc(C)c(C)c2c1=O. The molecule has 2 aromatic heterocycles. The topological polar surface area (TPSA) is 93.1 Å². The highest BCUT2D eigenvalue weighted by Gasteiger charge is 2.17. The molecule has 2 heterocycles. The zero-order valence-corrected chi connectivity index (χ0v) is 18.7.